The summed E-state index contributed by atoms with van der Waals surface area (Å²) in [7, 11) is 0. The number of carboxylic acid groups (broad SMARTS) is 1. The molecule has 0 aliphatic carbocycles. The third-order valence-corrected chi connectivity index (χ3v) is 4.79. The normalized spacial score (nSPS) is 15.5. The Morgan fingerprint density at radius 2 is 1.77 bits per heavy atom. The maximum absolute atomic E-state index is 12.1. The number of carbonyl (C=O) groups is 2. The zero-order valence-corrected chi connectivity index (χ0v) is 15.9. The average molecular weight is 361 g/mol. The molecule has 0 radical (unpaired) electrons. The molecule has 1 saturated heterocycles. The number of rotatable bonds is 8. The van der Waals surface area contributed by atoms with Gasteiger partial charge in [0.25, 0.3) is 0 Å². The fourth-order valence-corrected chi connectivity index (χ4v) is 3.18. The molecule has 6 heteroatoms. The molecule has 0 saturated carbocycles. The average Bonchev–Trinajstić information content (AvgIpc) is 2.60. The second-order valence-corrected chi connectivity index (χ2v) is 7.71. The quantitative estimate of drug-likeness (QED) is 0.662. The second-order valence-electron chi connectivity index (χ2n) is 7.71. The summed E-state index contributed by atoms with van der Waals surface area (Å²) in [5.74, 6) is -0.861. The zero-order chi connectivity index (χ0) is 19.0. The first kappa shape index (κ1) is 20.2. The van der Waals surface area contributed by atoms with E-state index < -0.39 is 11.5 Å². The number of nitrogens with zero attached hydrogens (tertiary/aromatic N) is 1. The molecule has 1 fully saturated rings. The van der Waals surface area contributed by atoms with Crippen molar-refractivity contribution in [3.8, 4) is 0 Å². The molecule has 0 unspecified atom stereocenters. The molecule has 0 atom stereocenters. The Balaban J connectivity index is 1.76. The van der Waals surface area contributed by atoms with E-state index in [1.807, 2.05) is 26.0 Å². The summed E-state index contributed by atoms with van der Waals surface area (Å²) in [5.41, 5.74) is 1.43. The van der Waals surface area contributed by atoms with E-state index in [2.05, 4.69) is 27.7 Å². The van der Waals surface area contributed by atoms with Crippen molar-refractivity contribution in [1.82, 2.24) is 10.2 Å². The Kier molecular flexibility index (Phi) is 7.45. The largest absolute Gasteiger partial charge is 0.481 e. The van der Waals surface area contributed by atoms with Gasteiger partial charge in [-0.25, -0.2) is 4.79 Å². The molecule has 0 aromatic heterocycles. The van der Waals surface area contributed by atoms with E-state index in [-0.39, 0.29) is 12.5 Å². The number of hydrogen-bond acceptors (Lipinski definition) is 3. The van der Waals surface area contributed by atoms with Crippen LogP contribution in [0.5, 0.6) is 0 Å². The van der Waals surface area contributed by atoms with Crippen molar-refractivity contribution in [2.75, 3.05) is 25.0 Å². The smallest absolute Gasteiger partial charge is 0.319 e. The lowest BCUT2D eigenvalue weighted by atomic mass is 9.99. The fraction of sp³-hybridized carbons (Fsp3) is 0.600. The van der Waals surface area contributed by atoms with Gasteiger partial charge in [0, 0.05) is 24.2 Å². The predicted molar refractivity (Wildman–Crippen MR) is 104 cm³/mol. The van der Waals surface area contributed by atoms with E-state index in [1.54, 1.807) is 0 Å². The van der Waals surface area contributed by atoms with Gasteiger partial charge in [-0.2, -0.15) is 0 Å². The number of aliphatic carboxylic acids is 1. The molecule has 0 bridgehead atoms. The van der Waals surface area contributed by atoms with Crippen LogP contribution in [0.25, 0.3) is 0 Å². The van der Waals surface area contributed by atoms with E-state index in [9.17, 15) is 9.59 Å². The van der Waals surface area contributed by atoms with Gasteiger partial charge in [-0.1, -0.05) is 18.6 Å². The van der Waals surface area contributed by atoms with Crippen LogP contribution in [-0.2, 0) is 11.2 Å². The summed E-state index contributed by atoms with van der Waals surface area (Å²) in [4.78, 5) is 25.3. The second kappa shape index (κ2) is 9.57. The van der Waals surface area contributed by atoms with Crippen molar-refractivity contribution in [2.24, 2.45) is 0 Å². The minimum Gasteiger partial charge on any atom is -0.481 e. The van der Waals surface area contributed by atoms with E-state index in [1.165, 1.54) is 37.9 Å². The van der Waals surface area contributed by atoms with Gasteiger partial charge < -0.3 is 20.6 Å². The van der Waals surface area contributed by atoms with Crippen LogP contribution >= 0.6 is 0 Å². The van der Waals surface area contributed by atoms with Gasteiger partial charge in [-0.05, 0) is 70.3 Å². The number of piperidine rings is 1. The summed E-state index contributed by atoms with van der Waals surface area (Å²) >= 11 is 0. The van der Waals surface area contributed by atoms with E-state index in [4.69, 9.17) is 5.11 Å². The molecule has 1 aliphatic heterocycles. The first-order valence-corrected chi connectivity index (χ1v) is 9.46. The van der Waals surface area contributed by atoms with Gasteiger partial charge >= 0.3 is 12.0 Å². The molecule has 1 aromatic carbocycles. The van der Waals surface area contributed by atoms with Crippen LogP contribution in [0.3, 0.4) is 0 Å². The van der Waals surface area contributed by atoms with Gasteiger partial charge in [0.05, 0.1) is 0 Å². The minimum atomic E-state index is -0.861. The van der Waals surface area contributed by atoms with Crippen molar-refractivity contribution in [2.45, 2.75) is 57.9 Å². The maximum atomic E-state index is 12.1. The first-order chi connectivity index (χ1) is 12.3. The third kappa shape index (κ3) is 7.44. The number of anilines is 1. The van der Waals surface area contributed by atoms with Crippen molar-refractivity contribution >= 4 is 17.7 Å². The van der Waals surface area contributed by atoms with Crippen molar-refractivity contribution in [3.05, 3.63) is 29.8 Å². The lowest BCUT2D eigenvalue weighted by molar-refractivity contribution is -0.137. The Labute approximate surface area is 156 Å². The molecular formula is C20H31N3O3. The van der Waals surface area contributed by atoms with E-state index in [0.717, 1.165) is 18.7 Å². The third-order valence-electron chi connectivity index (χ3n) is 4.79. The molecule has 1 heterocycles. The Bertz CT molecular complexity index is 593. The number of urea groups is 1. The van der Waals surface area contributed by atoms with Crippen molar-refractivity contribution in [1.29, 1.82) is 0 Å². The lowest BCUT2D eigenvalue weighted by Crippen LogP contribution is -2.45. The highest BCUT2D eigenvalue weighted by Gasteiger charge is 2.21. The zero-order valence-electron chi connectivity index (χ0n) is 15.9. The molecule has 0 spiro atoms. The van der Waals surface area contributed by atoms with Gasteiger partial charge in [0.2, 0.25) is 0 Å². The van der Waals surface area contributed by atoms with Gasteiger partial charge in [0.15, 0.2) is 0 Å². The maximum Gasteiger partial charge on any atom is 0.319 e. The number of carboxylic acids is 1. The molecule has 6 nitrogen and oxygen atoms in total. The standard InChI is InChI=1S/C20H31N3O3/c1-20(2,12-10-18(24)25)22-19(26)21-17-8-6-16(7-9-17)11-15-23-13-4-3-5-14-23/h6-9H,3-5,10-15H2,1-2H3,(H,24,25)(H2,21,22,26). The van der Waals surface area contributed by atoms with Gasteiger partial charge in [-0.15, -0.1) is 0 Å². The number of amides is 2. The molecule has 2 rings (SSSR count). The number of likely N-dealkylation sites (tertiary alicyclic amines) is 1. The molecule has 26 heavy (non-hydrogen) atoms. The van der Waals surface area contributed by atoms with Gasteiger partial charge in [0.1, 0.15) is 0 Å². The van der Waals surface area contributed by atoms with Crippen LogP contribution in [0.4, 0.5) is 10.5 Å². The summed E-state index contributed by atoms with van der Waals surface area (Å²) in [6.45, 7) is 7.14. The van der Waals surface area contributed by atoms with Crippen LogP contribution in [-0.4, -0.2) is 47.2 Å². The molecule has 3 N–H and O–H groups in total. The molecule has 1 aliphatic rings. The summed E-state index contributed by atoms with van der Waals surface area (Å²) < 4.78 is 0. The van der Waals surface area contributed by atoms with E-state index >= 15 is 0 Å². The predicted octanol–water partition coefficient (Wildman–Crippen LogP) is 3.48. The highest BCUT2D eigenvalue weighted by molar-refractivity contribution is 5.89. The Morgan fingerprint density at radius 1 is 1.12 bits per heavy atom. The number of nitrogens with one attached hydrogen (secondary N) is 2. The van der Waals surface area contributed by atoms with Crippen LogP contribution in [0.15, 0.2) is 24.3 Å². The highest BCUT2D eigenvalue weighted by Crippen LogP contribution is 2.15. The van der Waals surface area contributed by atoms with Crippen molar-refractivity contribution < 1.29 is 14.7 Å². The van der Waals surface area contributed by atoms with Gasteiger partial charge in [-0.3, -0.25) is 4.79 Å². The summed E-state index contributed by atoms with van der Waals surface area (Å²) in [6.07, 6.45) is 5.40. The minimum absolute atomic E-state index is 0.0268. The van der Waals surface area contributed by atoms with Crippen LogP contribution < -0.4 is 10.6 Å². The molecule has 1 aromatic rings. The number of hydrogen-bond donors (Lipinski definition) is 3. The Hall–Kier alpha value is -2.08. The fourth-order valence-electron chi connectivity index (χ4n) is 3.18. The summed E-state index contributed by atoms with van der Waals surface area (Å²) in [6, 6.07) is 7.61. The summed E-state index contributed by atoms with van der Waals surface area (Å²) in [5, 5.41) is 14.4. The molecular weight excluding hydrogens is 330 g/mol. The highest BCUT2D eigenvalue weighted by atomic mass is 16.4. The van der Waals surface area contributed by atoms with E-state index in [0.29, 0.717) is 6.42 Å². The number of carbonyl (C=O) groups excluding carboxylic acids is 1. The van der Waals surface area contributed by atoms with Crippen LogP contribution in [0.2, 0.25) is 0 Å². The first-order valence-electron chi connectivity index (χ1n) is 9.46. The topological polar surface area (TPSA) is 81.7 Å². The number of benzene rings is 1. The monoisotopic (exact) mass is 361 g/mol. The lowest BCUT2D eigenvalue weighted by Gasteiger charge is -2.26. The molecule has 2 amide bonds. The SMILES string of the molecule is CC(C)(CCC(=O)O)NC(=O)Nc1ccc(CCN2CCCCC2)cc1. The van der Waals surface area contributed by atoms with Crippen LogP contribution in [0.1, 0.15) is 51.5 Å². The van der Waals surface area contributed by atoms with Crippen molar-refractivity contribution in [3.63, 3.8) is 0 Å². The molecule has 144 valence electrons. The Morgan fingerprint density at radius 3 is 2.38 bits per heavy atom. The van der Waals surface area contributed by atoms with Crippen LogP contribution in [0, 0.1) is 0 Å².